The van der Waals surface area contributed by atoms with Crippen LogP contribution in [0.25, 0.3) is 0 Å². The molecule has 0 radical (unpaired) electrons. The number of carboxylic acid groups (broad SMARTS) is 4. The van der Waals surface area contributed by atoms with E-state index in [-0.39, 0.29) is 47.3 Å². The number of aliphatic carboxylic acids is 4. The molecule has 0 amide bonds. The molecule has 1 aliphatic carbocycles. The number of benzene rings is 4. The summed E-state index contributed by atoms with van der Waals surface area (Å²) in [4.78, 5) is 46.0. The minimum Gasteiger partial charge on any atom is -0.493 e. The van der Waals surface area contributed by atoms with Crippen LogP contribution in [0, 0.1) is 0 Å². The fraction of sp³-hybridized carbons (Fsp3) is 0.588. The molecule has 0 aliphatic heterocycles. The van der Waals surface area contributed by atoms with Gasteiger partial charge in [0, 0.05) is 51.4 Å². The Labute approximate surface area is 478 Å². The van der Waals surface area contributed by atoms with E-state index in [1.165, 1.54) is 0 Å². The van der Waals surface area contributed by atoms with Gasteiger partial charge < -0.3 is 39.4 Å². The Balaban J connectivity index is 1.91. The molecule has 4 aromatic carbocycles. The lowest BCUT2D eigenvalue weighted by atomic mass is 9.79. The molecule has 0 saturated heterocycles. The summed E-state index contributed by atoms with van der Waals surface area (Å²) in [5.41, 5.74) is 11.6. The van der Waals surface area contributed by atoms with Crippen LogP contribution in [-0.4, -0.2) is 70.7 Å². The molecule has 4 N–H and O–H groups in total. The molecular weight excluding hydrogens is 1010 g/mol. The minimum atomic E-state index is -0.811. The highest BCUT2D eigenvalue weighted by Crippen LogP contribution is 2.45. The summed E-state index contributed by atoms with van der Waals surface area (Å²) in [5, 5.41) is 37.8. The van der Waals surface area contributed by atoms with Crippen molar-refractivity contribution < 1.29 is 58.6 Å². The van der Waals surface area contributed by atoms with Crippen molar-refractivity contribution in [3.05, 3.63) is 115 Å². The predicted octanol–water partition coefficient (Wildman–Crippen LogP) is 15.6. The van der Waals surface area contributed by atoms with Crippen LogP contribution in [0.2, 0.25) is 0 Å². The normalized spacial score (nSPS) is 12.9. The van der Waals surface area contributed by atoms with E-state index in [9.17, 15) is 39.6 Å². The highest BCUT2D eigenvalue weighted by Gasteiger charge is 2.30. The summed E-state index contributed by atoms with van der Waals surface area (Å²) in [7, 11) is 0. The average Bonchev–Trinajstić information content (AvgIpc) is 3.37. The highest BCUT2D eigenvalue weighted by molar-refractivity contribution is 5.68. The number of rotatable bonds is 28. The number of carbonyl (C=O) groups is 4. The molecule has 0 fully saturated rings. The van der Waals surface area contributed by atoms with E-state index in [0.29, 0.717) is 129 Å². The van der Waals surface area contributed by atoms with Crippen LogP contribution in [0.4, 0.5) is 0 Å². The third-order valence-corrected chi connectivity index (χ3v) is 15.1. The zero-order valence-electron chi connectivity index (χ0n) is 50.6. The van der Waals surface area contributed by atoms with E-state index in [2.05, 4.69) is 132 Å². The Bertz CT molecular complexity index is 2270. The van der Waals surface area contributed by atoms with Crippen LogP contribution in [0.15, 0.2) is 48.5 Å². The van der Waals surface area contributed by atoms with Crippen molar-refractivity contribution in [1.29, 1.82) is 0 Å². The molecule has 0 heterocycles. The molecule has 0 spiro atoms. The quantitative estimate of drug-likeness (QED) is 0.0348. The van der Waals surface area contributed by atoms with Crippen LogP contribution in [-0.2, 0) is 66.5 Å². The van der Waals surface area contributed by atoms with E-state index < -0.39 is 23.9 Å². The van der Waals surface area contributed by atoms with Gasteiger partial charge in [-0.3, -0.25) is 19.2 Å². The molecule has 80 heavy (non-hydrogen) atoms. The van der Waals surface area contributed by atoms with Gasteiger partial charge in [-0.05, 0) is 165 Å². The monoisotopic (exact) mass is 1100 g/mol. The zero-order chi connectivity index (χ0) is 59.0. The fourth-order valence-corrected chi connectivity index (χ4v) is 10.3. The molecular formula is C68H96O12. The third-order valence-electron chi connectivity index (χ3n) is 15.1. The van der Waals surface area contributed by atoms with Crippen LogP contribution in [0.5, 0.6) is 23.0 Å². The van der Waals surface area contributed by atoms with Crippen molar-refractivity contribution in [3.63, 3.8) is 0 Å². The van der Waals surface area contributed by atoms with Gasteiger partial charge >= 0.3 is 23.9 Å². The lowest BCUT2D eigenvalue weighted by Crippen LogP contribution is -2.18. The Morgan fingerprint density at radius 2 is 0.463 bits per heavy atom. The summed E-state index contributed by atoms with van der Waals surface area (Å²) in [5.74, 6) is -0.108. The fourth-order valence-electron chi connectivity index (χ4n) is 10.3. The minimum absolute atomic E-state index is 0.101. The van der Waals surface area contributed by atoms with Gasteiger partial charge in [0.05, 0.1) is 26.4 Å². The van der Waals surface area contributed by atoms with E-state index in [1.807, 2.05) is 0 Å². The molecule has 12 heteroatoms. The first-order valence-electron chi connectivity index (χ1n) is 29.5. The largest absolute Gasteiger partial charge is 0.493 e. The Hall–Kier alpha value is -6.04. The van der Waals surface area contributed by atoms with Gasteiger partial charge in [0.2, 0.25) is 0 Å². The topological polar surface area (TPSA) is 186 Å². The first-order chi connectivity index (χ1) is 37.5. The molecule has 4 aromatic rings. The lowest BCUT2D eigenvalue weighted by molar-refractivity contribution is -0.138. The summed E-state index contributed by atoms with van der Waals surface area (Å²) in [6, 6.07) is 18.3. The average molecular weight is 1110 g/mol. The van der Waals surface area contributed by atoms with Crippen molar-refractivity contribution >= 4 is 23.9 Å². The molecule has 0 atom stereocenters. The first-order valence-corrected chi connectivity index (χ1v) is 29.5. The predicted molar refractivity (Wildman–Crippen MR) is 318 cm³/mol. The van der Waals surface area contributed by atoms with Crippen LogP contribution in [0.3, 0.4) is 0 Å². The molecule has 440 valence electrons. The van der Waals surface area contributed by atoms with Crippen LogP contribution < -0.4 is 18.9 Å². The van der Waals surface area contributed by atoms with E-state index >= 15 is 0 Å². The SMILES string of the molecule is CC(C)(C)c1cc2c(OCCCCCC(=O)O)c(c1)Cc1cc(C(C)(C)C)cc(c1OCCCCCC(=O)O)Cc1cc(C(C)(C)C)cc(c1OCCCCCC(=O)O)Cc1cc(C(C)(C)C)cc(c1OCCCCCC(=O)O)C2. The Kier molecular flexibility index (Phi) is 23.6. The highest BCUT2D eigenvalue weighted by atomic mass is 16.5. The van der Waals surface area contributed by atoms with Gasteiger partial charge in [-0.25, -0.2) is 0 Å². The van der Waals surface area contributed by atoms with E-state index in [1.54, 1.807) is 0 Å². The number of hydrogen-bond donors (Lipinski definition) is 4. The summed E-state index contributed by atoms with van der Waals surface area (Å²) in [6.45, 7) is 28.3. The van der Waals surface area contributed by atoms with Crippen molar-refractivity contribution in [1.82, 2.24) is 0 Å². The number of unbranched alkanes of at least 4 members (excludes halogenated alkanes) is 8. The molecule has 0 aromatic heterocycles. The van der Waals surface area contributed by atoms with Crippen molar-refractivity contribution in [2.24, 2.45) is 0 Å². The van der Waals surface area contributed by atoms with Gasteiger partial charge in [-0.2, -0.15) is 0 Å². The van der Waals surface area contributed by atoms with Crippen LogP contribution >= 0.6 is 0 Å². The summed E-state index contributed by atoms with van der Waals surface area (Å²) in [6.07, 6.45) is 10.0. The second kappa shape index (κ2) is 29.1. The van der Waals surface area contributed by atoms with Gasteiger partial charge in [-0.15, -0.1) is 0 Å². The maximum Gasteiger partial charge on any atom is 0.303 e. The number of ether oxygens (including phenoxy) is 4. The molecule has 12 nitrogen and oxygen atoms in total. The first kappa shape index (κ1) is 64.8. The summed E-state index contributed by atoms with van der Waals surface area (Å²) < 4.78 is 28.4. The third kappa shape index (κ3) is 20.2. The summed E-state index contributed by atoms with van der Waals surface area (Å²) >= 11 is 0. The molecule has 0 saturated carbocycles. The molecule has 1 aliphatic rings. The van der Waals surface area contributed by atoms with E-state index in [0.717, 1.165) is 89.8 Å². The van der Waals surface area contributed by atoms with Crippen molar-refractivity contribution in [2.75, 3.05) is 26.4 Å². The molecule has 5 rings (SSSR count). The van der Waals surface area contributed by atoms with Gasteiger partial charge in [0.1, 0.15) is 23.0 Å². The number of fused-ring (bicyclic) bond motifs is 8. The molecule has 0 unspecified atom stereocenters. The maximum atomic E-state index is 11.5. The Morgan fingerprint density at radius 1 is 0.300 bits per heavy atom. The number of hydrogen-bond acceptors (Lipinski definition) is 8. The maximum absolute atomic E-state index is 11.5. The lowest BCUT2D eigenvalue weighted by Gasteiger charge is -2.29. The van der Waals surface area contributed by atoms with Crippen molar-refractivity contribution in [2.45, 2.75) is 233 Å². The smallest absolute Gasteiger partial charge is 0.303 e. The Morgan fingerprint density at radius 3 is 0.600 bits per heavy atom. The van der Waals surface area contributed by atoms with E-state index in [4.69, 9.17) is 18.9 Å². The number of carboxylic acids is 4. The van der Waals surface area contributed by atoms with Gasteiger partial charge in [0.15, 0.2) is 0 Å². The molecule has 8 bridgehead atoms. The van der Waals surface area contributed by atoms with Gasteiger partial charge in [-0.1, -0.05) is 132 Å². The van der Waals surface area contributed by atoms with Crippen LogP contribution in [0.1, 0.15) is 253 Å². The zero-order valence-corrected chi connectivity index (χ0v) is 50.6. The van der Waals surface area contributed by atoms with Gasteiger partial charge in [0.25, 0.3) is 0 Å². The standard InChI is InChI=1S/C68H96O12/c1-65(2,3)53-37-45-33-47-39-54(66(4,5)6)41-49(62(47)78-30-22-14-18-26-58(71)72)35-51-43-56(68(10,11)12)44-52(64(51)80-32-24-16-20-28-60(75)76)36-50-42-55(67(7,8)9)40-48(63(50)79-31-23-15-19-27-59(73)74)34-46(38-53)61(45)77-29-21-13-17-25-57(69)70/h37-44H,13-36H2,1-12H3,(H,69,70)(H,71,72)(H,73,74)(H,75,76). The second-order valence-corrected chi connectivity index (χ2v) is 26.4. The van der Waals surface area contributed by atoms with Crippen molar-refractivity contribution in [3.8, 4) is 23.0 Å². The second-order valence-electron chi connectivity index (χ2n) is 26.4.